The summed E-state index contributed by atoms with van der Waals surface area (Å²) in [5.41, 5.74) is 0.375. The molecule has 4 nitrogen and oxygen atoms in total. The Labute approximate surface area is 125 Å². The first kappa shape index (κ1) is 13.4. The first-order chi connectivity index (χ1) is 8.58. The minimum Gasteiger partial charge on any atom is -0.292 e. The molecular weight excluding hydrogens is 411 g/mol. The number of halogens is 2. The van der Waals surface area contributed by atoms with Crippen molar-refractivity contribution in [2.45, 2.75) is 6.54 Å². The van der Waals surface area contributed by atoms with Gasteiger partial charge < -0.3 is 0 Å². The van der Waals surface area contributed by atoms with E-state index in [4.69, 9.17) is 0 Å². The minimum absolute atomic E-state index is 0.00427. The lowest BCUT2D eigenvalue weighted by Crippen LogP contribution is -2.26. The maximum absolute atomic E-state index is 12.0. The van der Waals surface area contributed by atoms with Crippen LogP contribution in [0.1, 0.15) is 10.4 Å². The minimum atomic E-state index is -0.198. The van der Waals surface area contributed by atoms with Crippen LogP contribution in [-0.4, -0.2) is 15.3 Å². The van der Waals surface area contributed by atoms with Crippen molar-refractivity contribution in [2.24, 2.45) is 0 Å². The molecule has 2 aromatic rings. The number of hydrogen-bond donors (Lipinski definition) is 0. The van der Waals surface area contributed by atoms with Gasteiger partial charge in [-0.1, -0.05) is 28.1 Å². The Bertz CT molecular complexity index is 637. The van der Waals surface area contributed by atoms with Gasteiger partial charge in [-0.3, -0.25) is 14.2 Å². The van der Waals surface area contributed by atoms with Gasteiger partial charge in [0, 0.05) is 16.2 Å². The van der Waals surface area contributed by atoms with Gasteiger partial charge in [-0.2, -0.15) is 0 Å². The Kier molecular flexibility index (Phi) is 4.28. The molecule has 0 atom stereocenters. The second-order valence-electron chi connectivity index (χ2n) is 3.60. The van der Waals surface area contributed by atoms with E-state index < -0.39 is 0 Å². The molecule has 0 aliphatic rings. The quantitative estimate of drug-likeness (QED) is 0.568. The first-order valence-corrected chi connectivity index (χ1v) is 6.94. The lowest BCUT2D eigenvalue weighted by Gasteiger charge is -2.04. The van der Waals surface area contributed by atoms with Crippen molar-refractivity contribution in [3.8, 4) is 0 Å². The highest BCUT2D eigenvalue weighted by atomic mass is 127. The second-order valence-corrected chi connectivity index (χ2v) is 5.68. The number of Topliss-reactive ketones (excluding diaryl/α,β-unsaturated/α-hetero) is 1. The van der Waals surface area contributed by atoms with E-state index >= 15 is 0 Å². The van der Waals surface area contributed by atoms with E-state index in [2.05, 4.69) is 20.9 Å². The van der Waals surface area contributed by atoms with Crippen LogP contribution in [0.25, 0.3) is 0 Å². The maximum atomic E-state index is 12.0. The van der Waals surface area contributed by atoms with Gasteiger partial charge in [0.1, 0.15) is 0 Å². The van der Waals surface area contributed by atoms with E-state index in [9.17, 15) is 9.59 Å². The summed E-state index contributed by atoms with van der Waals surface area (Å²) >= 11 is 5.21. The summed E-state index contributed by atoms with van der Waals surface area (Å²) in [6, 6.07) is 7.03. The number of hydrogen-bond acceptors (Lipinski definition) is 3. The molecule has 0 amide bonds. The number of rotatable bonds is 3. The summed E-state index contributed by atoms with van der Waals surface area (Å²) in [6.07, 6.45) is 2.85. The van der Waals surface area contributed by atoms with E-state index in [0.717, 1.165) is 4.47 Å². The molecule has 1 aromatic carbocycles. The fourth-order valence-electron chi connectivity index (χ4n) is 1.42. The lowest BCUT2D eigenvalue weighted by atomic mass is 10.1. The summed E-state index contributed by atoms with van der Waals surface area (Å²) in [5.74, 6) is -0.117. The van der Waals surface area contributed by atoms with Gasteiger partial charge in [0.15, 0.2) is 5.78 Å². The Balaban J connectivity index is 2.24. The Morgan fingerprint density at radius 3 is 2.67 bits per heavy atom. The van der Waals surface area contributed by atoms with Crippen LogP contribution >= 0.6 is 38.5 Å². The normalized spacial score (nSPS) is 10.3. The van der Waals surface area contributed by atoms with Gasteiger partial charge in [0.25, 0.3) is 5.56 Å². The zero-order chi connectivity index (χ0) is 13.1. The zero-order valence-electron chi connectivity index (χ0n) is 9.14. The summed E-state index contributed by atoms with van der Waals surface area (Å²) in [7, 11) is 0. The fourth-order valence-corrected chi connectivity index (χ4v) is 2.15. The highest BCUT2D eigenvalue weighted by molar-refractivity contribution is 14.1. The largest absolute Gasteiger partial charge is 0.292 e. The van der Waals surface area contributed by atoms with Crippen LogP contribution in [0.15, 0.2) is 46.1 Å². The van der Waals surface area contributed by atoms with Gasteiger partial charge in [0.2, 0.25) is 0 Å². The van der Waals surface area contributed by atoms with Crippen molar-refractivity contribution in [3.05, 3.63) is 60.7 Å². The molecule has 0 saturated carbocycles. The van der Waals surface area contributed by atoms with E-state index in [1.807, 2.05) is 22.6 Å². The van der Waals surface area contributed by atoms with Crippen molar-refractivity contribution in [2.75, 3.05) is 0 Å². The molecule has 1 heterocycles. The number of carbonyl (C=O) groups is 1. The Morgan fingerprint density at radius 2 is 2.00 bits per heavy atom. The van der Waals surface area contributed by atoms with Crippen LogP contribution in [0.5, 0.6) is 0 Å². The molecule has 2 rings (SSSR count). The van der Waals surface area contributed by atoms with Crippen molar-refractivity contribution in [1.29, 1.82) is 0 Å². The van der Waals surface area contributed by atoms with Gasteiger partial charge in [-0.05, 0) is 34.7 Å². The molecule has 1 aromatic heterocycles. The SMILES string of the molecule is O=C(Cn1cncc(I)c1=O)c1ccc(Br)cc1. The number of aromatic nitrogens is 2. The van der Waals surface area contributed by atoms with Crippen molar-refractivity contribution >= 4 is 44.3 Å². The van der Waals surface area contributed by atoms with Crippen molar-refractivity contribution < 1.29 is 4.79 Å². The van der Waals surface area contributed by atoms with Gasteiger partial charge >= 0.3 is 0 Å². The molecule has 0 aliphatic heterocycles. The van der Waals surface area contributed by atoms with E-state index in [1.54, 1.807) is 24.3 Å². The molecule has 0 bridgehead atoms. The maximum Gasteiger partial charge on any atom is 0.267 e. The molecule has 0 fully saturated rings. The topological polar surface area (TPSA) is 52.0 Å². The Hall–Kier alpha value is -1.02. The van der Waals surface area contributed by atoms with Crippen LogP contribution in [-0.2, 0) is 6.54 Å². The van der Waals surface area contributed by atoms with E-state index in [-0.39, 0.29) is 17.9 Å². The summed E-state index contributed by atoms with van der Waals surface area (Å²) in [4.78, 5) is 27.6. The molecule has 0 N–H and O–H groups in total. The third-order valence-electron chi connectivity index (χ3n) is 2.34. The highest BCUT2D eigenvalue weighted by Gasteiger charge is 2.09. The molecule has 6 heteroatoms. The predicted molar refractivity (Wildman–Crippen MR) is 79.7 cm³/mol. The van der Waals surface area contributed by atoms with Gasteiger partial charge in [-0.25, -0.2) is 4.98 Å². The molecule has 0 radical (unpaired) electrons. The number of benzene rings is 1. The molecule has 0 saturated heterocycles. The molecule has 0 spiro atoms. The van der Waals surface area contributed by atoms with Crippen LogP contribution in [0.4, 0.5) is 0 Å². The number of ketones is 1. The van der Waals surface area contributed by atoms with Gasteiger partial charge in [-0.15, -0.1) is 0 Å². The van der Waals surface area contributed by atoms with Crippen LogP contribution < -0.4 is 5.56 Å². The molecular formula is C12H8BrIN2O2. The van der Waals surface area contributed by atoms with E-state index in [1.165, 1.54) is 17.1 Å². The molecule has 18 heavy (non-hydrogen) atoms. The van der Waals surface area contributed by atoms with Crippen LogP contribution in [0.2, 0.25) is 0 Å². The average molecular weight is 419 g/mol. The third kappa shape index (κ3) is 3.05. The Morgan fingerprint density at radius 1 is 1.33 bits per heavy atom. The molecule has 0 aliphatic carbocycles. The predicted octanol–water partition coefficient (Wildman–Crippen LogP) is 2.49. The summed E-state index contributed by atoms with van der Waals surface area (Å²) in [6.45, 7) is 0.00427. The monoisotopic (exact) mass is 418 g/mol. The number of nitrogens with zero attached hydrogens (tertiary/aromatic N) is 2. The molecule has 0 unspecified atom stereocenters. The zero-order valence-corrected chi connectivity index (χ0v) is 12.9. The second kappa shape index (κ2) is 5.75. The lowest BCUT2D eigenvalue weighted by molar-refractivity contribution is 0.0970. The van der Waals surface area contributed by atoms with Crippen LogP contribution in [0, 0.1) is 3.57 Å². The van der Waals surface area contributed by atoms with Gasteiger partial charge in [0.05, 0.1) is 16.4 Å². The fraction of sp³-hybridized carbons (Fsp3) is 0.0833. The van der Waals surface area contributed by atoms with Crippen LogP contribution in [0.3, 0.4) is 0 Å². The van der Waals surface area contributed by atoms with Crippen molar-refractivity contribution in [3.63, 3.8) is 0 Å². The smallest absolute Gasteiger partial charge is 0.267 e. The third-order valence-corrected chi connectivity index (χ3v) is 3.61. The summed E-state index contributed by atoms with van der Waals surface area (Å²) < 4.78 is 2.72. The van der Waals surface area contributed by atoms with E-state index in [0.29, 0.717) is 9.13 Å². The average Bonchev–Trinajstić information content (AvgIpc) is 2.36. The standard InChI is InChI=1S/C12H8BrIN2O2/c13-9-3-1-8(2-4-9)11(17)6-16-7-15-5-10(14)12(16)18/h1-5,7H,6H2. The summed E-state index contributed by atoms with van der Waals surface area (Å²) in [5, 5.41) is 0. The van der Waals surface area contributed by atoms with Crippen molar-refractivity contribution in [1.82, 2.24) is 9.55 Å². The highest BCUT2D eigenvalue weighted by Crippen LogP contribution is 2.11. The molecule has 92 valence electrons. The number of carbonyl (C=O) groups excluding carboxylic acids is 1. The first-order valence-electron chi connectivity index (χ1n) is 5.06.